The summed E-state index contributed by atoms with van der Waals surface area (Å²) in [5.74, 6) is -0.291. The van der Waals surface area contributed by atoms with E-state index >= 15 is 0 Å². The average molecular weight is 240 g/mol. The van der Waals surface area contributed by atoms with Crippen LogP contribution < -0.4 is 5.32 Å². The summed E-state index contributed by atoms with van der Waals surface area (Å²) < 4.78 is 35.5. The molecule has 0 bridgehead atoms. The molecule has 0 aromatic carbocycles. The zero-order chi connectivity index (χ0) is 12.8. The molecule has 0 saturated carbocycles. The molecule has 0 aliphatic heterocycles. The van der Waals surface area contributed by atoms with Crippen LogP contribution in [0.4, 0.5) is 13.2 Å². The van der Waals surface area contributed by atoms with Crippen molar-refractivity contribution in [3.63, 3.8) is 0 Å². The highest BCUT2D eigenvalue weighted by Crippen LogP contribution is 2.12. The second kappa shape index (κ2) is 6.73. The van der Waals surface area contributed by atoms with Crippen LogP contribution in [0.15, 0.2) is 0 Å². The summed E-state index contributed by atoms with van der Waals surface area (Å²) in [6, 6.07) is 0.0140. The largest absolute Gasteiger partial charge is 0.401 e. The fraction of sp³-hybridized carbons (Fsp3) is 0.900. The molecule has 96 valence electrons. The molecular weight excluding hydrogens is 221 g/mol. The Hall–Kier alpha value is -0.780. The second-order valence-corrected chi connectivity index (χ2v) is 3.90. The Morgan fingerprint density at radius 1 is 1.38 bits per heavy atom. The number of hydrogen-bond donors (Lipinski definition) is 1. The number of hydrogen-bond acceptors (Lipinski definition) is 2. The van der Waals surface area contributed by atoms with Gasteiger partial charge in [0, 0.05) is 12.6 Å². The number of alkyl halides is 3. The molecule has 0 radical (unpaired) electrons. The molecule has 0 aromatic heterocycles. The third kappa shape index (κ3) is 6.66. The Labute approximate surface area is 94.0 Å². The zero-order valence-electron chi connectivity index (χ0n) is 9.90. The van der Waals surface area contributed by atoms with Gasteiger partial charge in [0.25, 0.3) is 0 Å². The van der Waals surface area contributed by atoms with Crippen LogP contribution in [0.3, 0.4) is 0 Å². The van der Waals surface area contributed by atoms with Crippen LogP contribution in [0, 0.1) is 0 Å². The number of carbonyl (C=O) groups is 1. The van der Waals surface area contributed by atoms with Crippen molar-refractivity contribution in [1.82, 2.24) is 10.2 Å². The SMILES string of the molecule is CCCN(C(=O)CNCC(F)(F)F)C(C)C. The van der Waals surface area contributed by atoms with E-state index in [1.807, 2.05) is 20.8 Å². The van der Waals surface area contributed by atoms with Crippen LogP contribution in [0.2, 0.25) is 0 Å². The average Bonchev–Trinajstić information content (AvgIpc) is 2.11. The van der Waals surface area contributed by atoms with Crippen molar-refractivity contribution in [3.8, 4) is 0 Å². The fourth-order valence-electron chi connectivity index (χ4n) is 1.32. The topological polar surface area (TPSA) is 32.3 Å². The highest BCUT2D eigenvalue weighted by Gasteiger charge is 2.27. The normalized spacial score (nSPS) is 11.9. The molecular formula is C10H19F3N2O. The van der Waals surface area contributed by atoms with Gasteiger partial charge in [-0.15, -0.1) is 0 Å². The minimum Gasteiger partial charge on any atom is -0.339 e. The number of rotatable bonds is 6. The first-order valence-electron chi connectivity index (χ1n) is 5.35. The predicted octanol–water partition coefficient (Wildman–Crippen LogP) is 1.79. The van der Waals surface area contributed by atoms with Crippen LogP contribution in [-0.4, -0.2) is 42.7 Å². The summed E-state index contributed by atoms with van der Waals surface area (Å²) in [5, 5.41) is 2.10. The fourth-order valence-corrected chi connectivity index (χ4v) is 1.32. The third-order valence-electron chi connectivity index (χ3n) is 2.01. The van der Waals surface area contributed by atoms with Crippen LogP contribution in [0.1, 0.15) is 27.2 Å². The Morgan fingerprint density at radius 3 is 2.31 bits per heavy atom. The molecule has 16 heavy (non-hydrogen) atoms. The maximum Gasteiger partial charge on any atom is 0.401 e. The molecule has 6 heteroatoms. The van der Waals surface area contributed by atoms with Gasteiger partial charge >= 0.3 is 6.18 Å². The van der Waals surface area contributed by atoms with E-state index in [2.05, 4.69) is 5.32 Å². The number of carbonyl (C=O) groups excluding carboxylic acids is 1. The molecule has 0 heterocycles. The molecule has 0 aliphatic carbocycles. The lowest BCUT2D eigenvalue weighted by Crippen LogP contribution is -2.44. The van der Waals surface area contributed by atoms with E-state index in [0.717, 1.165) is 6.42 Å². The molecule has 0 rings (SSSR count). The van der Waals surface area contributed by atoms with Gasteiger partial charge in [0.05, 0.1) is 13.1 Å². The van der Waals surface area contributed by atoms with Gasteiger partial charge in [-0.1, -0.05) is 6.92 Å². The summed E-state index contributed by atoms with van der Waals surface area (Å²) in [6.07, 6.45) is -3.48. The second-order valence-electron chi connectivity index (χ2n) is 3.90. The third-order valence-corrected chi connectivity index (χ3v) is 2.01. The van der Waals surface area contributed by atoms with Crippen LogP contribution >= 0.6 is 0 Å². The molecule has 0 spiro atoms. The molecule has 0 aliphatic rings. The highest BCUT2D eigenvalue weighted by molar-refractivity contribution is 5.78. The summed E-state index contributed by atoms with van der Waals surface area (Å²) in [6.45, 7) is 4.79. The first-order valence-corrected chi connectivity index (χ1v) is 5.35. The molecule has 0 fully saturated rings. The van der Waals surface area contributed by atoms with Crippen molar-refractivity contribution in [2.75, 3.05) is 19.6 Å². The van der Waals surface area contributed by atoms with Gasteiger partial charge < -0.3 is 10.2 Å². The molecule has 0 saturated heterocycles. The van der Waals surface area contributed by atoms with Crippen molar-refractivity contribution in [2.45, 2.75) is 39.4 Å². The van der Waals surface area contributed by atoms with Crippen molar-refractivity contribution in [1.29, 1.82) is 0 Å². The van der Waals surface area contributed by atoms with E-state index in [1.165, 1.54) is 0 Å². The van der Waals surface area contributed by atoms with E-state index in [9.17, 15) is 18.0 Å². The van der Waals surface area contributed by atoms with Gasteiger partial charge in [0.1, 0.15) is 0 Å². The highest BCUT2D eigenvalue weighted by atomic mass is 19.4. The van der Waals surface area contributed by atoms with Gasteiger partial charge in [0.15, 0.2) is 0 Å². The lowest BCUT2D eigenvalue weighted by Gasteiger charge is -2.26. The summed E-state index contributed by atoms with van der Waals surface area (Å²) >= 11 is 0. The van der Waals surface area contributed by atoms with E-state index < -0.39 is 12.7 Å². The van der Waals surface area contributed by atoms with Gasteiger partial charge in [-0.3, -0.25) is 4.79 Å². The van der Waals surface area contributed by atoms with E-state index in [4.69, 9.17) is 0 Å². The maximum absolute atomic E-state index is 11.8. The van der Waals surface area contributed by atoms with E-state index in [0.29, 0.717) is 6.54 Å². The first-order chi connectivity index (χ1) is 7.28. The number of nitrogens with zero attached hydrogens (tertiary/aromatic N) is 1. The number of nitrogens with one attached hydrogen (secondary N) is 1. The first kappa shape index (κ1) is 15.2. The van der Waals surface area contributed by atoms with Crippen molar-refractivity contribution in [2.24, 2.45) is 0 Å². The Morgan fingerprint density at radius 2 is 1.94 bits per heavy atom. The summed E-state index contributed by atoms with van der Waals surface area (Å²) in [7, 11) is 0. The minimum absolute atomic E-state index is 0.0140. The Bertz CT molecular complexity index is 217. The zero-order valence-corrected chi connectivity index (χ0v) is 9.90. The lowest BCUT2D eigenvalue weighted by molar-refractivity contribution is -0.135. The number of amides is 1. The maximum atomic E-state index is 11.8. The van der Waals surface area contributed by atoms with Crippen molar-refractivity contribution < 1.29 is 18.0 Å². The van der Waals surface area contributed by atoms with E-state index in [1.54, 1.807) is 4.90 Å². The molecule has 0 unspecified atom stereocenters. The van der Waals surface area contributed by atoms with Gasteiger partial charge in [-0.25, -0.2) is 0 Å². The Kier molecular flexibility index (Phi) is 6.40. The number of halogens is 3. The smallest absolute Gasteiger partial charge is 0.339 e. The lowest BCUT2D eigenvalue weighted by atomic mass is 10.3. The summed E-state index contributed by atoms with van der Waals surface area (Å²) in [4.78, 5) is 13.1. The monoisotopic (exact) mass is 240 g/mol. The molecule has 1 N–H and O–H groups in total. The van der Waals surface area contributed by atoms with Crippen LogP contribution in [0.5, 0.6) is 0 Å². The molecule has 0 atom stereocenters. The molecule has 0 aromatic rings. The van der Waals surface area contributed by atoms with Gasteiger partial charge in [-0.2, -0.15) is 13.2 Å². The van der Waals surface area contributed by atoms with Gasteiger partial charge in [0.2, 0.25) is 5.91 Å². The Balaban J connectivity index is 4.02. The van der Waals surface area contributed by atoms with Crippen LogP contribution in [0.25, 0.3) is 0 Å². The summed E-state index contributed by atoms with van der Waals surface area (Å²) in [5.41, 5.74) is 0. The van der Waals surface area contributed by atoms with Crippen molar-refractivity contribution in [3.05, 3.63) is 0 Å². The van der Waals surface area contributed by atoms with Gasteiger partial charge in [-0.05, 0) is 20.3 Å². The minimum atomic E-state index is -4.27. The van der Waals surface area contributed by atoms with Crippen LogP contribution in [-0.2, 0) is 4.79 Å². The van der Waals surface area contributed by atoms with E-state index in [-0.39, 0.29) is 18.5 Å². The van der Waals surface area contributed by atoms with Crippen molar-refractivity contribution >= 4 is 5.91 Å². The predicted molar refractivity (Wildman–Crippen MR) is 56.1 cm³/mol. The quantitative estimate of drug-likeness (QED) is 0.767. The molecule has 1 amide bonds. The standard InChI is InChI=1S/C10H19F3N2O/c1-4-5-15(8(2)3)9(16)6-14-7-10(11,12)13/h8,14H,4-7H2,1-3H3. The molecule has 3 nitrogen and oxygen atoms in total.